The van der Waals surface area contributed by atoms with Crippen LogP contribution in [0.1, 0.15) is 29.8 Å². The average Bonchev–Trinajstić information content (AvgIpc) is 3.30. The topological polar surface area (TPSA) is 55.7 Å². The van der Waals surface area contributed by atoms with E-state index in [1.54, 1.807) is 7.11 Å². The number of methoxy groups -OCH3 is 1. The zero-order valence-corrected chi connectivity index (χ0v) is 19.3. The lowest BCUT2D eigenvalue weighted by molar-refractivity contribution is 0.194. The monoisotopic (exact) mass is 453 g/mol. The number of carbonyl (C=O) groups excluding carboxylic acids is 1. The molecule has 0 aliphatic carbocycles. The number of fused-ring (bicyclic) bond motifs is 3. The minimum absolute atomic E-state index is 0.197. The summed E-state index contributed by atoms with van der Waals surface area (Å²) in [6.45, 7) is 2.90. The molecule has 34 heavy (non-hydrogen) atoms. The van der Waals surface area contributed by atoms with Gasteiger partial charge in [0, 0.05) is 11.9 Å². The summed E-state index contributed by atoms with van der Waals surface area (Å²) in [5.74, 6) is 1.43. The molecule has 6 nitrogen and oxygen atoms in total. The number of carbonyl (C=O) groups is 1. The van der Waals surface area contributed by atoms with Crippen molar-refractivity contribution in [2.24, 2.45) is 0 Å². The normalized spacial score (nSPS) is 14.5. The van der Waals surface area contributed by atoms with E-state index in [2.05, 4.69) is 34.3 Å². The Morgan fingerprint density at radius 2 is 1.74 bits per heavy atom. The Morgan fingerprint density at radius 1 is 0.971 bits per heavy atom. The summed E-state index contributed by atoms with van der Waals surface area (Å²) < 4.78 is 13.3. The second-order valence-electron chi connectivity index (χ2n) is 8.09. The molecule has 1 atom stereocenters. The van der Waals surface area contributed by atoms with Crippen molar-refractivity contribution in [2.45, 2.75) is 19.5 Å². The van der Waals surface area contributed by atoms with Gasteiger partial charge in [-0.2, -0.15) is 0 Å². The van der Waals surface area contributed by atoms with Crippen LogP contribution in [0.3, 0.4) is 0 Å². The SMILES string of the molecule is CCOc1ccccc1NC(=O)N1Cc2ccccc2-n2cccc2C1c1ccc(OC)cc1. The summed E-state index contributed by atoms with van der Waals surface area (Å²) in [4.78, 5) is 15.7. The zero-order valence-electron chi connectivity index (χ0n) is 19.3. The number of nitrogens with one attached hydrogen (secondary N) is 1. The number of ether oxygens (including phenoxy) is 2. The average molecular weight is 454 g/mol. The lowest BCUT2D eigenvalue weighted by Gasteiger charge is -2.31. The molecule has 1 unspecified atom stereocenters. The Labute approximate surface area is 199 Å². The number of amides is 2. The Morgan fingerprint density at radius 3 is 2.53 bits per heavy atom. The van der Waals surface area contributed by atoms with Crippen molar-refractivity contribution >= 4 is 11.7 Å². The molecule has 5 rings (SSSR count). The van der Waals surface area contributed by atoms with E-state index in [-0.39, 0.29) is 12.1 Å². The molecule has 0 spiro atoms. The second kappa shape index (κ2) is 9.35. The van der Waals surface area contributed by atoms with Crippen LogP contribution in [0.2, 0.25) is 0 Å². The lowest BCUT2D eigenvalue weighted by Crippen LogP contribution is -2.38. The molecule has 2 amide bonds. The van der Waals surface area contributed by atoms with Gasteiger partial charge in [0.15, 0.2) is 0 Å². The third-order valence-corrected chi connectivity index (χ3v) is 6.08. The van der Waals surface area contributed by atoms with E-state index in [1.165, 1.54) is 0 Å². The fourth-order valence-corrected chi connectivity index (χ4v) is 4.51. The van der Waals surface area contributed by atoms with Gasteiger partial charge in [-0.25, -0.2) is 4.79 Å². The number of para-hydroxylation sites is 3. The molecule has 1 aliphatic rings. The van der Waals surface area contributed by atoms with Crippen molar-refractivity contribution in [1.82, 2.24) is 9.47 Å². The fraction of sp³-hybridized carbons (Fsp3) is 0.179. The van der Waals surface area contributed by atoms with Crippen molar-refractivity contribution in [3.8, 4) is 17.2 Å². The highest BCUT2D eigenvalue weighted by Gasteiger charge is 2.33. The van der Waals surface area contributed by atoms with Crippen LogP contribution in [0.15, 0.2) is 91.1 Å². The van der Waals surface area contributed by atoms with Crippen LogP contribution in [-0.4, -0.2) is 29.2 Å². The predicted octanol–water partition coefficient (Wildman–Crippen LogP) is 6.02. The number of anilines is 1. The molecule has 0 fully saturated rings. The Balaban J connectivity index is 1.60. The zero-order chi connectivity index (χ0) is 23.5. The van der Waals surface area contributed by atoms with Gasteiger partial charge in [0.05, 0.1) is 37.7 Å². The van der Waals surface area contributed by atoms with Crippen molar-refractivity contribution in [3.05, 3.63) is 108 Å². The molecule has 4 aromatic rings. The van der Waals surface area contributed by atoms with E-state index in [1.807, 2.05) is 78.6 Å². The fourth-order valence-electron chi connectivity index (χ4n) is 4.51. The number of urea groups is 1. The van der Waals surface area contributed by atoms with Crippen LogP contribution < -0.4 is 14.8 Å². The van der Waals surface area contributed by atoms with Crippen molar-refractivity contribution in [1.29, 1.82) is 0 Å². The van der Waals surface area contributed by atoms with E-state index < -0.39 is 0 Å². The van der Waals surface area contributed by atoms with Crippen LogP contribution in [-0.2, 0) is 6.54 Å². The van der Waals surface area contributed by atoms with Crippen molar-refractivity contribution in [2.75, 3.05) is 19.0 Å². The first-order valence-electron chi connectivity index (χ1n) is 11.4. The Hall–Kier alpha value is -4.19. The molecule has 6 heteroatoms. The van der Waals surface area contributed by atoms with Gasteiger partial charge in [-0.1, -0.05) is 42.5 Å². The molecule has 1 aromatic heterocycles. The summed E-state index contributed by atoms with van der Waals surface area (Å²) in [6, 6.07) is 27.2. The minimum Gasteiger partial charge on any atom is -0.497 e. The summed E-state index contributed by atoms with van der Waals surface area (Å²) in [7, 11) is 1.65. The number of rotatable bonds is 5. The third kappa shape index (κ3) is 3.99. The minimum atomic E-state index is -0.299. The highest BCUT2D eigenvalue weighted by molar-refractivity contribution is 5.91. The number of benzene rings is 3. The smallest absolute Gasteiger partial charge is 0.323 e. The van der Waals surface area contributed by atoms with Crippen molar-refractivity contribution < 1.29 is 14.3 Å². The summed E-state index contributed by atoms with van der Waals surface area (Å²) in [5, 5.41) is 3.10. The highest BCUT2D eigenvalue weighted by atomic mass is 16.5. The van der Waals surface area contributed by atoms with Crippen LogP contribution in [0, 0.1) is 0 Å². The maximum Gasteiger partial charge on any atom is 0.323 e. The molecule has 0 saturated carbocycles. The molecule has 1 N–H and O–H groups in total. The van der Waals surface area contributed by atoms with E-state index >= 15 is 0 Å². The van der Waals surface area contributed by atoms with Crippen LogP contribution in [0.4, 0.5) is 10.5 Å². The largest absolute Gasteiger partial charge is 0.497 e. The van der Waals surface area contributed by atoms with Crippen LogP contribution in [0.25, 0.3) is 5.69 Å². The van der Waals surface area contributed by atoms with Gasteiger partial charge in [-0.3, -0.25) is 0 Å². The van der Waals surface area contributed by atoms with E-state index in [0.29, 0.717) is 24.6 Å². The molecular weight excluding hydrogens is 426 g/mol. The number of hydrogen-bond acceptors (Lipinski definition) is 3. The first-order valence-corrected chi connectivity index (χ1v) is 11.4. The van der Waals surface area contributed by atoms with Gasteiger partial charge < -0.3 is 24.3 Å². The molecule has 0 radical (unpaired) electrons. The Bertz CT molecular complexity index is 1300. The van der Waals surface area contributed by atoms with Crippen LogP contribution >= 0.6 is 0 Å². The molecule has 0 bridgehead atoms. The van der Waals surface area contributed by atoms with E-state index in [4.69, 9.17) is 9.47 Å². The molecule has 1 aliphatic heterocycles. The maximum atomic E-state index is 13.9. The first-order chi connectivity index (χ1) is 16.7. The lowest BCUT2D eigenvalue weighted by atomic mass is 10.0. The molecule has 0 saturated heterocycles. The number of nitrogens with zero attached hydrogens (tertiary/aromatic N) is 2. The van der Waals surface area contributed by atoms with Gasteiger partial charge in [-0.05, 0) is 60.5 Å². The highest BCUT2D eigenvalue weighted by Crippen LogP contribution is 2.37. The van der Waals surface area contributed by atoms with Gasteiger partial charge >= 0.3 is 6.03 Å². The summed E-state index contributed by atoms with van der Waals surface area (Å²) in [6.07, 6.45) is 2.05. The van der Waals surface area contributed by atoms with Crippen molar-refractivity contribution in [3.63, 3.8) is 0 Å². The molecule has 2 heterocycles. The number of hydrogen-bond donors (Lipinski definition) is 1. The second-order valence-corrected chi connectivity index (χ2v) is 8.09. The summed E-state index contributed by atoms with van der Waals surface area (Å²) in [5.41, 5.74) is 4.82. The van der Waals surface area contributed by atoms with E-state index in [0.717, 1.165) is 28.3 Å². The van der Waals surface area contributed by atoms with Crippen LogP contribution in [0.5, 0.6) is 11.5 Å². The van der Waals surface area contributed by atoms with E-state index in [9.17, 15) is 4.79 Å². The van der Waals surface area contributed by atoms with Gasteiger partial charge in [0.25, 0.3) is 0 Å². The Kier molecular flexibility index (Phi) is 5.95. The first kappa shape index (κ1) is 21.6. The molecule has 3 aromatic carbocycles. The van der Waals surface area contributed by atoms with Gasteiger partial charge in [-0.15, -0.1) is 0 Å². The van der Waals surface area contributed by atoms with Gasteiger partial charge in [0.2, 0.25) is 0 Å². The quantitative estimate of drug-likeness (QED) is 0.402. The number of aromatic nitrogens is 1. The standard InChI is InChI=1S/C28H27N3O3/c1-3-34-26-13-7-5-10-23(26)29-28(32)31-19-21-9-4-6-11-24(21)30-18-8-12-25(30)27(31)20-14-16-22(33-2)17-15-20/h4-18,27H,3,19H2,1-2H3,(H,29,32). The van der Waals surface area contributed by atoms with Gasteiger partial charge in [0.1, 0.15) is 11.5 Å². The maximum absolute atomic E-state index is 13.9. The molecule has 172 valence electrons. The molecular formula is C28H27N3O3. The third-order valence-electron chi connectivity index (χ3n) is 6.08. The summed E-state index contributed by atoms with van der Waals surface area (Å²) >= 11 is 0. The predicted molar refractivity (Wildman–Crippen MR) is 133 cm³/mol.